The lowest BCUT2D eigenvalue weighted by Gasteiger charge is -2.37. The van der Waals surface area contributed by atoms with Crippen molar-refractivity contribution in [2.75, 3.05) is 34.0 Å². The van der Waals surface area contributed by atoms with Gasteiger partial charge in [0.1, 0.15) is 5.75 Å². The standard InChI is InChI=1S/C18H23NO6/c1-23-14-8-12(7-13(9-14)18(22)24-2)17(21)19-3-4-25-16-6-11(10-20)5-15(16)19/h7-9,11,15-16,20H,3-6,10H2,1-2H3/t11-,15+,16?/m1/s1. The number of benzene rings is 1. The van der Waals surface area contributed by atoms with Crippen molar-refractivity contribution < 1.29 is 28.9 Å². The molecule has 1 aliphatic carbocycles. The third-order valence-electron chi connectivity index (χ3n) is 4.96. The van der Waals surface area contributed by atoms with Gasteiger partial charge in [-0.25, -0.2) is 4.79 Å². The number of carbonyl (C=O) groups is 2. The Morgan fingerprint density at radius 3 is 2.68 bits per heavy atom. The van der Waals surface area contributed by atoms with Crippen molar-refractivity contribution in [1.82, 2.24) is 4.90 Å². The molecular formula is C18H23NO6. The Hall–Kier alpha value is -2.12. The fourth-order valence-electron chi connectivity index (χ4n) is 3.69. The third-order valence-corrected chi connectivity index (χ3v) is 4.96. The van der Waals surface area contributed by atoms with Gasteiger partial charge in [0, 0.05) is 18.7 Å². The highest BCUT2D eigenvalue weighted by atomic mass is 16.5. The van der Waals surface area contributed by atoms with Crippen molar-refractivity contribution >= 4 is 11.9 Å². The third kappa shape index (κ3) is 3.48. The van der Waals surface area contributed by atoms with Crippen molar-refractivity contribution in [3.05, 3.63) is 29.3 Å². The van der Waals surface area contributed by atoms with E-state index in [1.165, 1.54) is 20.3 Å². The Kier molecular flexibility index (Phi) is 5.24. The molecule has 1 aromatic carbocycles. The molecule has 1 saturated heterocycles. The summed E-state index contributed by atoms with van der Waals surface area (Å²) in [6.45, 7) is 1.06. The molecule has 0 radical (unpaired) electrons. The van der Waals surface area contributed by atoms with E-state index in [9.17, 15) is 14.7 Å². The summed E-state index contributed by atoms with van der Waals surface area (Å²) in [5.41, 5.74) is 0.655. The van der Waals surface area contributed by atoms with E-state index >= 15 is 0 Å². The van der Waals surface area contributed by atoms with Crippen LogP contribution in [0.1, 0.15) is 33.6 Å². The second-order valence-corrected chi connectivity index (χ2v) is 6.44. The van der Waals surface area contributed by atoms with E-state index in [1.54, 1.807) is 17.0 Å². The molecular weight excluding hydrogens is 326 g/mol. The van der Waals surface area contributed by atoms with E-state index in [-0.39, 0.29) is 36.1 Å². The Morgan fingerprint density at radius 2 is 2.00 bits per heavy atom. The number of nitrogens with zero attached hydrogens (tertiary/aromatic N) is 1. The molecule has 1 aliphatic heterocycles. The molecule has 136 valence electrons. The molecule has 25 heavy (non-hydrogen) atoms. The molecule has 1 saturated carbocycles. The predicted octanol–water partition coefficient (Wildman–Crippen LogP) is 1.09. The summed E-state index contributed by atoms with van der Waals surface area (Å²) >= 11 is 0. The number of amides is 1. The van der Waals surface area contributed by atoms with Crippen LogP contribution in [0.4, 0.5) is 0 Å². The molecule has 1 aromatic rings. The number of rotatable bonds is 4. The second kappa shape index (κ2) is 7.41. The van der Waals surface area contributed by atoms with Gasteiger partial charge in [-0.2, -0.15) is 0 Å². The van der Waals surface area contributed by atoms with E-state index in [0.29, 0.717) is 24.5 Å². The first-order valence-electron chi connectivity index (χ1n) is 8.38. The van der Waals surface area contributed by atoms with Gasteiger partial charge in [0.2, 0.25) is 0 Å². The molecule has 1 heterocycles. The lowest BCUT2D eigenvalue weighted by molar-refractivity contribution is -0.0448. The number of methoxy groups -OCH3 is 2. The molecule has 1 amide bonds. The van der Waals surface area contributed by atoms with E-state index in [0.717, 1.165) is 12.8 Å². The van der Waals surface area contributed by atoms with Crippen LogP contribution in [0.5, 0.6) is 5.75 Å². The Balaban J connectivity index is 1.88. The van der Waals surface area contributed by atoms with Crippen LogP contribution in [0.25, 0.3) is 0 Å². The zero-order valence-corrected chi connectivity index (χ0v) is 14.4. The normalized spacial score (nSPS) is 25.4. The second-order valence-electron chi connectivity index (χ2n) is 6.44. The molecule has 1 unspecified atom stereocenters. The molecule has 7 nitrogen and oxygen atoms in total. The highest BCUT2D eigenvalue weighted by Gasteiger charge is 2.42. The summed E-state index contributed by atoms with van der Waals surface area (Å²) in [4.78, 5) is 26.7. The fraction of sp³-hybridized carbons (Fsp3) is 0.556. The number of ether oxygens (including phenoxy) is 3. The molecule has 2 aliphatic rings. The van der Waals surface area contributed by atoms with Crippen LogP contribution in [-0.2, 0) is 9.47 Å². The number of aliphatic hydroxyl groups is 1. The summed E-state index contributed by atoms with van der Waals surface area (Å²) < 4.78 is 15.7. The molecule has 3 atom stereocenters. The van der Waals surface area contributed by atoms with Crippen molar-refractivity contribution in [2.45, 2.75) is 25.0 Å². The molecule has 2 fully saturated rings. The number of hydrogen-bond donors (Lipinski definition) is 1. The number of morpholine rings is 1. The zero-order valence-electron chi connectivity index (χ0n) is 14.4. The van der Waals surface area contributed by atoms with Crippen LogP contribution < -0.4 is 4.74 Å². The first-order valence-corrected chi connectivity index (χ1v) is 8.38. The van der Waals surface area contributed by atoms with E-state index in [1.807, 2.05) is 0 Å². The number of esters is 1. The lowest BCUT2D eigenvalue weighted by atomic mass is 10.0. The topological polar surface area (TPSA) is 85.3 Å². The minimum atomic E-state index is -0.519. The van der Waals surface area contributed by atoms with Crippen molar-refractivity contribution in [3.63, 3.8) is 0 Å². The Morgan fingerprint density at radius 1 is 1.24 bits per heavy atom. The van der Waals surface area contributed by atoms with Gasteiger partial charge in [0.25, 0.3) is 5.91 Å². The summed E-state index contributed by atoms with van der Waals surface area (Å²) in [5, 5.41) is 9.42. The van der Waals surface area contributed by atoms with Crippen molar-refractivity contribution in [1.29, 1.82) is 0 Å². The molecule has 1 N–H and O–H groups in total. The number of fused-ring (bicyclic) bond motifs is 1. The van der Waals surface area contributed by atoms with Crippen molar-refractivity contribution in [2.24, 2.45) is 5.92 Å². The van der Waals surface area contributed by atoms with Crippen LogP contribution in [0.3, 0.4) is 0 Å². The zero-order chi connectivity index (χ0) is 18.0. The quantitative estimate of drug-likeness (QED) is 0.819. The summed E-state index contributed by atoms with van der Waals surface area (Å²) in [6, 6.07) is 4.64. The van der Waals surface area contributed by atoms with Gasteiger partial charge in [-0.1, -0.05) is 0 Å². The van der Waals surface area contributed by atoms with Crippen molar-refractivity contribution in [3.8, 4) is 5.75 Å². The van der Waals surface area contributed by atoms with Gasteiger partial charge in [0.05, 0.1) is 38.5 Å². The van der Waals surface area contributed by atoms with E-state index in [2.05, 4.69) is 0 Å². The average Bonchev–Trinajstić information content (AvgIpc) is 3.09. The van der Waals surface area contributed by atoms with Gasteiger partial charge in [-0.15, -0.1) is 0 Å². The van der Waals surface area contributed by atoms with Gasteiger partial charge >= 0.3 is 5.97 Å². The average molecular weight is 349 g/mol. The van der Waals surface area contributed by atoms with Crippen LogP contribution in [0.15, 0.2) is 18.2 Å². The lowest BCUT2D eigenvalue weighted by Crippen LogP contribution is -2.51. The van der Waals surface area contributed by atoms with Gasteiger partial charge in [-0.3, -0.25) is 4.79 Å². The Labute approximate surface area is 146 Å². The highest BCUT2D eigenvalue weighted by molar-refractivity contribution is 5.98. The molecule has 0 bridgehead atoms. The largest absolute Gasteiger partial charge is 0.497 e. The summed E-state index contributed by atoms with van der Waals surface area (Å²) in [7, 11) is 2.78. The predicted molar refractivity (Wildman–Crippen MR) is 88.7 cm³/mol. The number of carbonyl (C=O) groups excluding carboxylic acids is 2. The molecule has 7 heteroatoms. The van der Waals surface area contributed by atoms with Crippen LogP contribution in [-0.4, -0.2) is 68.0 Å². The first kappa shape index (κ1) is 17.7. The minimum absolute atomic E-state index is 0.0412. The molecule has 3 rings (SSSR count). The summed E-state index contributed by atoms with van der Waals surface area (Å²) in [5.74, 6) is -0.106. The fourth-order valence-corrected chi connectivity index (χ4v) is 3.69. The summed E-state index contributed by atoms with van der Waals surface area (Å²) in [6.07, 6.45) is 1.44. The highest BCUT2D eigenvalue weighted by Crippen LogP contribution is 2.35. The minimum Gasteiger partial charge on any atom is -0.497 e. The Bertz CT molecular complexity index is 661. The maximum atomic E-state index is 13.1. The van der Waals surface area contributed by atoms with Crippen LogP contribution in [0.2, 0.25) is 0 Å². The van der Waals surface area contributed by atoms with E-state index < -0.39 is 5.97 Å². The van der Waals surface area contributed by atoms with Gasteiger partial charge < -0.3 is 24.2 Å². The smallest absolute Gasteiger partial charge is 0.338 e. The molecule has 0 spiro atoms. The number of hydrogen-bond acceptors (Lipinski definition) is 6. The molecule has 0 aromatic heterocycles. The first-order chi connectivity index (χ1) is 12.1. The van der Waals surface area contributed by atoms with Gasteiger partial charge in [0.15, 0.2) is 0 Å². The van der Waals surface area contributed by atoms with Crippen LogP contribution >= 0.6 is 0 Å². The SMILES string of the molecule is COC(=O)c1cc(OC)cc(C(=O)N2CCOC3C[C@H](CO)C[C@@H]32)c1. The maximum Gasteiger partial charge on any atom is 0.338 e. The van der Waals surface area contributed by atoms with Crippen LogP contribution in [0, 0.1) is 5.92 Å². The number of aliphatic hydroxyl groups excluding tert-OH is 1. The monoisotopic (exact) mass is 349 g/mol. The maximum absolute atomic E-state index is 13.1. The van der Waals surface area contributed by atoms with Gasteiger partial charge in [-0.05, 0) is 37.0 Å². The van der Waals surface area contributed by atoms with E-state index in [4.69, 9.17) is 14.2 Å².